The number of sulfone groups is 1. The Balaban J connectivity index is 2.69. The normalized spacial score (nSPS) is 25.1. The Morgan fingerprint density at radius 1 is 1.13 bits per heavy atom. The summed E-state index contributed by atoms with van der Waals surface area (Å²) in [5, 5.41) is 0. The van der Waals surface area contributed by atoms with Gasteiger partial charge in [-0.05, 0) is 38.5 Å². The molecule has 1 aromatic rings. The van der Waals surface area contributed by atoms with Crippen LogP contribution in [-0.4, -0.2) is 38.2 Å². The molecular weight excluding hydrogens is 445 g/mol. The fourth-order valence-electron chi connectivity index (χ4n) is 3.29. The summed E-state index contributed by atoms with van der Waals surface area (Å²) >= 11 is 0. The van der Waals surface area contributed by atoms with Crippen molar-refractivity contribution in [2.75, 3.05) is 6.26 Å². The van der Waals surface area contributed by atoms with Crippen LogP contribution in [0.5, 0.6) is 0 Å². The number of benzene rings is 1. The van der Waals surface area contributed by atoms with Gasteiger partial charge in [-0.3, -0.25) is 9.35 Å². The lowest BCUT2D eigenvalue weighted by atomic mass is 9.71. The summed E-state index contributed by atoms with van der Waals surface area (Å²) < 4.78 is 94.9. The highest BCUT2D eigenvalue weighted by molar-refractivity contribution is 7.90. The zero-order chi connectivity index (χ0) is 23.3. The van der Waals surface area contributed by atoms with Crippen molar-refractivity contribution in [2.24, 2.45) is 5.41 Å². The predicted molar refractivity (Wildman–Crippen MR) is 104 cm³/mol. The quantitative estimate of drug-likeness (QED) is 0.401. The number of carbonyl (C=O) groups is 1. The molecule has 0 aliphatic heterocycles. The van der Waals surface area contributed by atoms with Gasteiger partial charge in [-0.25, -0.2) is 8.42 Å². The molecule has 30 heavy (non-hydrogen) atoms. The number of rotatable bonds is 5. The summed E-state index contributed by atoms with van der Waals surface area (Å²) in [5.41, 5.74) is -2.98. The van der Waals surface area contributed by atoms with Gasteiger partial charge in [0.15, 0.2) is 15.6 Å². The van der Waals surface area contributed by atoms with E-state index in [1.165, 1.54) is 32.9 Å². The minimum absolute atomic E-state index is 0.0290. The number of allylic oxidation sites excluding steroid dienone is 2. The molecule has 0 spiro atoms. The summed E-state index contributed by atoms with van der Waals surface area (Å²) in [4.78, 5) is 12.5. The Morgan fingerprint density at radius 3 is 2.10 bits per heavy atom. The van der Waals surface area contributed by atoms with Gasteiger partial charge in [0.25, 0.3) is 10.1 Å². The summed E-state index contributed by atoms with van der Waals surface area (Å²) in [6.07, 6.45) is -0.574. The molecule has 0 bridgehead atoms. The Kier molecular flexibility index (Phi) is 5.92. The minimum Gasteiger partial charge on any atom is -0.293 e. The molecule has 1 aliphatic rings. The van der Waals surface area contributed by atoms with Crippen LogP contribution in [0.2, 0.25) is 0 Å². The molecule has 1 N–H and O–H groups in total. The number of hydrogen-bond donors (Lipinski definition) is 1. The fourth-order valence-corrected chi connectivity index (χ4v) is 5.13. The van der Waals surface area contributed by atoms with Crippen molar-refractivity contribution in [2.45, 2.75) is 43.0 Å². The molecule has 0 amide bonds. The van der Waals surface area contributed by atoms with E-state index in [-0.39, 0.29) is 12.0 Å². The van der Waals surface area contributed by atoms with Crippen LogP contribution in [-0.2, 0) is 26.1 Å². The number of Topliss-reactive ketones (excluding diaryl/α,β-unsaturated/α-hetero) is 1. The molecule has 0 fully saturated rings. The maximum absolute atomic E-state index is 13.3. The third-order valence-electron chi connectivity index (χ3n) is 5.44. The van der Waals surface area contributed by atoms with E-state index in [9.17, 15) is 39.4 Å². The number of hydrogen-bond acceptors (Lipinski definition) is 5. The van der Waals surface area contributed by atoms with Gasteiger partial charge in [0.2, 0.25) is 0 Å². The van der Waals surface area contributed by atoms with Crippen LogP contribution in [0.3, 0.4) is 0 Å². The van der Waals surface area contributed by atoms with E-state index in [0.717, 1.165) is 12.1 Å². The second-order valence-electron chi connectivity index (χ2n) is 7.46. The Labute approximate surface area is 173 Å². The Bertz CT molecular complexity index is 1160. The van der Waals surface area contributed by atoms with E-state index >= 15 is 0 Å². The highest BCUT2D eigenvalue weighted by Crippen LogP contribution is 2.43. The number of alkyl halides is 3. The molecular formula is C19H21F3O6S2. The zero-order valence-electron chi connectivity index (χ0n) is 16.6. The van der Waals surface area contributed by atoms with Crippen molar-refractivity contribution < 1.29 is 39.4 Å². The van der Waals surface area contributed by atoms with Crippen molar-refractivity contribution >= 4 is 25.7 Å². The lowest BCUT2D eigenvalue weighted by Gasteiger charge is -2.35. The van der Waals surface area contributed by atoms with Crippen molar-refractivity contribution in [1.29, 1.82) is 0 Å². The summed E-state index contributed by atoms with van der Waals surface area (Å²) in [5.74, 6) is -0.818. The molecule has 166 valence electrons. The van der Waals surface area contributed by atoms with Crippen molar-refractivity contribution in [1.82, 2.24) is 0 Å². The summed E-state index contributed by atoms with van der Waals surface area (Å²) in [6.45, 7) is 4.34. The van der Waals surface area contributed by atoms with E-state index in [2.05, 4.69) is 0 Å². The van der Waals surface area contributed by atoms with Crippen molar-refractivity contribution in [3.8, 4) is 0 Å². The number of carbonyl (C=O) groups excluding carboxylic acids is 1. The second-order valence-corrected chi connectivity index (χ2v) is 11.2. The predicted octanol–water partition coefficient (Wildman–Crippen LogP) is 3.85. The molecule has 0 saturated carbocycles. The molecule has 2 rings (SSSR count). The van der Waals surface area contributed by atoms with Gasteiger partial charge in [0.05, 0.1) is 15.9 Å². The third kappa shape index (κ3) is 4.10. The van der Waals surface area contributed by atoms with Gasteiger partial charge < -0.3 is 0 Å². The van der Waals surface area contributed by atoms with E-state index < -0.39 is 58.1 Å². The monoisotopic (exact) mass is 466 g/mol. The van der Waals surface area contributed by atoms with E-state index in [1.54, 1.807) is 0 Å². The van der Waals surface area contributed by atoms with Gasteiger partial charge in [-0.15, -0.1) is 0 Å². The zero-order valence-corrected chi connectivity index (χ0v) is 18.2. The molecule has 2 atom stereocenters. The van der Waals surface area contributed by atoms with E-state index in [1.807, 2.05) is 0 Å². The first-order valence-electron chi connectivity index (χ1n) is 8.72. The first-order valence-corrected chi connectivity index (χ1v) is 12.1. The number of ketones is 1. The van der Waals surface area contributed by atoms with Crippen LogP contribution < -0.4 is 0 Å². The minimum atomic E-state index is -4.80. The summed E-state index contributed by atoms with van der Waals surface area (Å²) in [6, 6.07) is 1.83. The molecule has 11 heteroatoms. The molecule has 2 unspecified atom stereocenters. The van der Waals surface area contributed by atoms with Crippen molar-refractivity contribution in [3.05, 3.63) is 53.1 Å². The molecule has 0 saturated heterocycles. The maximum atomic E-state index is 13.3. The highest BCUT2D eigenvalue weighted by Gasteiger charge is 2.46. The Morgan fingerprint density at radius 2 is 1.70 bits per heavy atom. The van der Waals surface area contributed by atoms with Crippen LogP contribution in [0.4, 0.5) is 13.2 Å². The molecule has 0 radical (unpaired) electrons. The average molecular weight is 466 g/mol. The summed E-state index contributed by atoms with van der Waals surface area (Å²) in [7, 11) is -8.75. The van der Waals surface area contributed by atoms with Gasteiger partial charge in [0.1, 0.15) is 4.75 Å². The average Bonchev–Trinajstić information content (AvgIpc) is 2.60. The third-order valence-corrected chi connectivity index (χ3v) is 8.08. The van der Waals surface area contributed by atoms with Crippen LogP contribution in [0.15, 0.2) is 46.9 Å². The Hall–Kier alpha value is -1.98. The van der Waals surface area contributed by atoms with Gasteiger partial charge in [-0.2, -0.15) is 21.6 Å². The first kappa shape index (κ1) is 24.3. The van der Waals surface area contributed by atoms with Crippen LogP contribution in [0.1, 0.15) is 43.1 Å². The van der Waals surface area contributed by atoms with E-state index in [0.29, 0.717) is 18.4 Å². The van der Waals surface area contributed by atoms with Crippen LogP contribution in [0.25, 0.3) is 0 Å². The molecule has 6 nitrogen and oxygen atoms in total. The highest BCUT2D eigenvalue weighted by atomic mass is 32.2. The topological polar surface area (TPSA) is 106 Å². The van der Waals surface area contributed by atoms with Gasteiger partial charge in [0, 0.05) is 11.8 Å². The maximum Gasteiger partial charge on any atom is 0.416 e. The first-order chi connectivity index (χ1) is 13.4. The van der Waals surface area contributed by atoms with Crippen molar-refractivity contribution in [3.63, 3.8) is 0 Å². The van der Waals surface area contributed by atoms with Gasteiger partial charge >= 0.3 is 6.18 Å². The smallest absolute Gasteiger partial charge is 0.293 e. The standard InChI is InChI=1S/C19H21F3O6S2/c1-5-18(30(26,27)28)9-8-17(3,12(2)11-18)16(23)14-7-6-13(19(20,21)22)10-15(14)29(4,24)25/h6-11H,5H2,1-4H3,(H,26,27,28). The van der Waals surface area contributed by atoms with Gasteiger partial charge in [-0.1, -0.05) is 30.7 Å². The fraction of sp³-hybridized carbons (Fsp3) is 0.421. The SMILES string of the molecule is CCC1(S(=O)(=O)O)C=CC(C)(C(=O)c2ccc(C(F)(F)F)cc2S(C)(=O)=O)C(C)=C1. The largest absolute Gasteiger partial charge is 0.416 e. The van der Waals surface area contributed by atoms with E-state index in [4.69, 9.17) is 0 Å². The molecule has 1 aromatic carbocycles. The molecule has 0 heterocycles. The van der Waals surface area contributed by atoms with Crippen LogP contribution >= 0.6 is 0 Å². The molecule has 0 aromatic heterocycles. The second kappa shape index (κ2) is 7.31. The molecule has 1 aliphatic carbocycles. The number of halogens is 3. The lowest BCUT2D eigenvalue weighted by molar-refractivity contribution is -0.137. The lowest BCUT2D eigenvalue weighted by Crippen LogP contribution is -2.40. The van der Waals surface area contributed by atoms with Crippen LogP contribution in [0, 0.1) is 5.41 Å².